The first kappa shape index (κ1) is 46.2. The molecule has 6 rings (SSSR count). The molecule has 2 aromatic heterocycles. The lowest BCUT2D eigenvalue weighted by molar-refractivity contribution is -0.113. The van der Waals surface area contributed by atoms with E-state index in [2.05, 4.69) is 14.7 Å². The minimum Gasteiger partial charge on any atom is -0.446 e. The number of fused-ring (bicyclic) bond motifs is 2. The van der Waals surface area contributed by atoms with Crippen LogP contribution in [-0.4, -0.2) is 105 Å². The van der Waals surface area contributed by atoms with E-state index in [1.165, 1.54) is 36.4 Å². The maximum absolute atomic E-state index is 13.9. The van der Waals surface area contributed by atoms with Gasteiger partial charge < -0.3 is 38.8 Å². The highest BCUT2D eigenvalue weighted by Crippen LogP contribution is 2.40. The zero-order valence-corrected chi connectivity index (χ0v) is 34.3. The Morgan fingerprint density at radius 2 is 1.12 bits per heavy atom. The average molecular weight is 841 g/mol. The molecule has 2 aromatic carbocycles. The first-order chi connectivity index (χ1) is 28.2. The second-order valence-corrected chi connectivity index (χ2v) is 13.4. The Labute approximate surface area is 345 Å². The molecule has 14 nitrogen and oxygen atoms in total. The van der Waals surface area contributed by atoms with E-state index in [0.717, 1.165) is 43.7 Å². The second-order valence-electron chi connectivity index (χ2n) is 13.1. The van der Waals surface area contributed by atoms with Crippen LogP contribution in [0.3, 0.4) is 0 Å². The molecule has 4 aromatic rings. The van der Waals surface area contributed by atoms with Gasteiger partial charge in [-0.25, -0.2) is 23.4 Å². The molecule has 0 spiro atoms. The van der Waals surface area contributed by atoms with Crippen LogP contribution in [0.2, 0.25) is 0 Å². The van der Waals surface area contributed by atoms with Gasteiger partial charge >= 0.3 is 11.5 Å². The Hall–Kier alpha value is -5.49. The fourth-order valence-corrected chi connectivity index (χ4v) is 6.22. The summed E-state index contributed by atoms with van der Waals surface area (Å²) in [5.41, 5.74) is 6.95. The Kier molecular flexibility index (Phi) is 17.3. The summed E-state index contributed by atoms with van der Waals surface area (Å²) in [5.74, 6) is -2.11. The number of aryl methyl sites for hydroxylation is 4. The van der Waals surface area contributed by atoms with Crippen molar-refractivity contribution in [2.24, 2.45) is 0 Å². The fourth-order valence-electron chi connectivity index (χ4n) is 6.06. The molecule has 0 aliphatic carbocycles. The number of aromatic amines is 2. The SMILES string of the molecule is COCCOCCO.COCCOCCOC(=O)N1C(=O)/C(=C\c2[nH]c(C)cc2C)c2cc(F)ccc21.Cc1cc(C)c(/C=C2\C(=O)N(C(=O)Cl)c3ccc(F)cc32)[nH]1. The molecule has 0 saturated heterocycles. The van der Waals surface area contributed by atoms with Gasteiger partial charge in [0.05, 0.1) is 68.8 Å². The van der Waals surface area contributed by atoms with Crippen LogP contribution >= 0.6 is 11.6 Å². The fraction of sp³-hybridized carbons (Fsp3) is 0.333. The Morgan fingerprint density at radius 3 is 1.54 bits per heavy atom. The number of nitrogens with zero attached hydrogens (tertiary/aromatic N) is 2. The highest BCUT2D eigenvalue weighted by Gasteiger charge is 2.39. The molecule has 0 saturated carbocycles. The number of anilines is 2. The number of nitrogens with one attached hydrogen (secondary N) is 2. The van der Waals surface area contributed by atoms with E-state index in [1.54, 1.807) is 26.4 Å². The van der Waals surface area contributed by atoms with Crippen molar-refractivity contribution in [3.8, 4) is 0 Å². The lowest BCUT2D eigenvalue weighted by atomic mass is 10.1. The van der Waals surface area contributed by atoms with Gasteiger partial charge in [0.15, 0.2) is 0 Å². The molecule has 0 radical (unpaired) electrons. The van der Waals surface area contributed by atoms with Crippen LogP contribution in [0, 0.1) is 39.3 Å². The number of aliphatic hydroxyl groups is 1. The van der Waals surface area contributed by atoms with Gasteiger partial charge in [-0.05, 0) is 111 Å². The minimum absolute atomic E-state index is 0.0170. The van der Waals surface area contributed by atoms with Gasteiger partial charge in [0.1, 0.15) is 18.2 Å². The predicted octanol–water partition coefficient (Wildman–Crippen LogP) is 7.12. The molecule has 0 bridgehead atoms. The average Bonchev–Trinajstić information content (AvgIpc) is 3.87. The molecule has 0 atom stereocenters. The number of H-pyrrole nitrogens is 2. The molecule has 0 fully saturated rings. The maximum Gasteiger partial charge on any atom is 0.421 e. The number of amides is 4. The Balaban J connectivity index is 0.000000226. The number of benzene rings is 2. The molecule has 0 unspecified atom stereocenters. The smallest absolute Gasteiger partial charge is 0.421 e. The van der Waals surface area contributed by atoms with Crippen molar-refractivity contribution in [2.75, 3.05) is 76.9 Å². The van der Waals surface area contributed by atoms with E-state index in [4.69, 9.17) is 35.7 Å². The zero-order chi connectivity index (χ0) is 43.2. The van der Waals surface area contributed by atoms with E-state index >= 15 is 0 Å². The zero-order valence-electron chi connectivity index (χ0n) is 33.6. The molecule has 17 heteroatoms. The molecule has 316 valence electrons. The summed E-state index contributed by atoms with van der Waals surface area (Å²) in [5, 5.41) is 7.28. The van der Waals surface area contributed by atoms with Crippen LogP contribution in [0.4, 0.5) is 29.7 Å². The lowest BCUT2D eigenvalue weighted by Gasteiger charge is -2.15. The van der Waals surface area contributed by atoms with Crippen LogP contribution in [0.5, 0.6) is 0 Å². The number of hydrogen-bond acceptors (Lipinski definition) is 10. The Morgan fingerprint density at radius 1 is 0.678 bits per heavy atom. The van der Waals surface area contributed by atoms with E-state index in [-0.39, 0.29) is 36.7 Å². The standard InChI is InChI=1S/C21H23FN2O5.C16H12ClFN2O2.C5H12O3/c1-13-10-14(2)23-18(13)12-17-16-11-15(22)4-5-19(16)24(20(17)25)21(26)29-9-8-28-7-6-27-3;1-8-5-9(2)19-13(8)7-12-11-6-10(18)3-4-14(11)20(15(12)21)16(17)22;1-7-4-5-8-3-2-6/h4-5,10-12,23H,6-9H2,1-3H3;3-7,19H,1-2H3;6H,2-5H2,1H3/b17-12-;12-7-;. The summed E-state index contributed by atoms with van der Waals surface area (Å²) in [6.45, 7) is 10.2. The molecule has 3 N–H and O–H groups in total. The van der Waals surface area contributed by atoms with E-state index in [0.29, 0.717) is 49.8 Å². The number of rotatable bonds is 13. The lowest BCUT2D eigenvalue weighted by Crippen LogP contribution is -2.34. The van der Waals surface area contributed by atoms with Gasteiger partial charge in [-0.15, -0.1) is 0 Å². The Bertz CT molecular complexity index is 2190. The quantitative estimate of drug-likeness (QED) is 0.0545. The number of hydrogen-bond donors (Lipinski definition) is 3. The summed E-state index contributed by atoms with van der Waals surface area (Å²) in [7, 11) is 3.17. The number of carbonyl (C=O) groups excluding carboxylic acids is 4. The molecule has 4 amide bonds. The van der Waals surface area contributed by atoms with E-state index in [1.807, 2.05) is 39.8 Å². The van der Waals surface area contributed by atoms with E-state index in [9.17, 15) is 28.0 Å². The van der Waals surface area contributed by atoms with Crippen molar-refractivity contribution in [3.63, 3.8) is 0 Å². The molecular weight excluding hydrogens is 794 g/mol. The number of aliphatic hydroxyl groups excluding tert-OH is 1. The number of imide groups is 2. The normalized spacial score (nSPS) is 14.3. The largest absolute Gasteiger partial charge is 0.446 e. The van der Waals surface area contributed by atoms with Gasteiger partial charge in [-0.3, -0.25) is 14.4 Å². The van der Waals surface area contributed by atoms with Crippen LogP contribution in [0.15, 0.2) is 48.5 Å². The van der Waals surface area contributed by atoms with Gasteiger partial charge in [0.25, 0.3) is 11.8 Å². The summed E-state index contributed by atoms with van der Waals surface area (Å²) < 4.78 is 52.2. The van der Waals surface area contributed by atoms with Crippen LogP contribution in [-0.2, 0) is 33.3 Å². The molecular formula is C42H47ClF2N4O10. The highest BCUT2D eigenvalue weighted by molar-refractivity contribution is 6.70. The molecule has 59 heavy (non-hydrogen) atoms. The third-order valence-electron chi connectivity index (χ3n) is 8.71. The molecule has 2 aliphatic rings. The summed E-state index contributed by atoms with van der Waals surface area (Å²) in [4.78, 5) is 57.5. The number of aromatic nitrogens is 2. The summed E-state index contributed by atoms with van der Waals surface area (Å²) >= 11 is 5.49. The van der Waals surface area contributed by atoms with Crippen molar-refractivity contribution in [1.29, 1.82) is 0 Å². The summed E-state index contributed by atoms with van der Waals surface area (Å²) in [6.07, 6.45) is 2.41. The summed E-state index contributed by atoms with van der Waals surface area (Å²) in [6, 6.07) is 11.5. The van der Waals surface area contributed by atoms with Crippen LogP contribution in [0.25, 0.3) is 23.3 Å². The molecule has 4 heterocycles. The van der Waals surface area contributed by atoms with Gasteiger partial charge in [0.2, 0.25) is 0 Å². The highest BCUT2D eigenvalue weighted by atomic mass is 35.5. The van der Waals surface area contributed by atoms with Crippen molar-refractivity contribution < 1.29 is 56.7 Å². The van der Waals surface area contributed by atoms with Crippen molar-refractivity contribution in [2.45, 2.75) is 27.7 Å². The maximum atomic E-state index is 13.9. The first-order valence-electron chi connectivity index (χ1n) is 18.4. The van der Waals surface area contributed by atoms with Gasteiger partial charge in [-0.1, -0.05) is 0 Å². The second kappa shape index (κ2) is 22.0. The number of ether oxygens (including phenoxy) is 5. The van der Waals surface area contributed by atoms with Gasteiger partial charge in [-0.2, -0.15) is 0 Å². The van der Waals surface area contributed by atoms with Gasteiger partial charge in [0, 0.05) is 48.1 Å². The van der Waals surface area contributed by atoms with Crippen molar-refractivity contribution in [1.82, 2.24) is 9.97 Å². The number of halogens is 3. The topological polar surface area (TPSA) is 173 Å². The monoisotopic (exact) mass is 840 g/mol. The van der Waals surface area contributed by atoms with E-state index < -0.39 is 34.9 Å². The third kappa shape index (κ3) is 12.0. The van der Waals surface area contributed by atoms with Crippen LogP contribution in [0.1, 0.15) is 45.0 Å². The molecule has 2 aliphatic heterocycles. The number of methoxy groups -OCH3 is 2. The van der Waals surface area contributed by atoms with Crippen molar-refractivity contribution >= 4 is 69.5 Å². The third-order valence-corrected chi connectivity index (χ3v) is 8.88. The number of carbonyl (C=O) groups is 4. The van der Waals surface area contributed by atoms with Crippen molar-refractivity contribution in [3.05, 3.63) is 105 Å². The minimum atomic E-state index is -0.916. The first-order valence-corrected chi connectivity index (χ1v) is 18.7. The van der Waals surface area contributed by atoms with Crippen LogP contribution < -0.4 is 9.80 Å². The predicted molar refractivity (Wildman–Crippen MR) is 219 cm³/mol.